The van der Waals surface area contributed by atoms with E-state index in [1.54, 1.807) is 30.3 Å². The van der Waals surface area contributed by atoms with Crippen LogP contribution in [0.15, 0.2) is 78.9 Å². The third-order valence-corrected chi connectivity index (χ3v) is 5.27. The van der Waals surface area contributed by atoms with Gasteiger partial charge in [0, 0.05) is 19.0 Å². The normalized spacial score (nSPS) is 11.8. The van der Waals surface area contributed by atoms with Crippen molar-refractivity contribution in [3.05, 3.63) is 107 Å². The standard InChI is InChI=1S/C27H28F2N2O2/c1-19(2)30-27(33)25(16-20-8-4-3-5-9-20)31(18-21-12-14-23(28)15-13-21)26(32)17-22-10-6-7-11-24(22)29/h3-15,19,25H,16-18H2,1-2H3,(H,30,33)/t25-/m1/s1. The molecule has 3 aromatic rings. The summed E-state index contributed by atoms with van der Waals surface area (Å²) in [6, 6.07) is 20.4. The van der Waals surface area contributed by atoms with Crippen LogP contribution in [0.25, 0.3) is 0 Å². The van der Waals surface area contributed by atoms with E-state index in [1.807, 2.05) is 44.2 Å². The SMILES string of the molecule is CC(C)NC(=O)[C@@H](Cc1ccccc1)N(Cc1ccc(F)cc1)C(=O)Cc1ccccc1F. The summed E-state index contributed by atoms with van der Waals surface area (Å²) in [6.07, 6.45) is 0.109. The fourth-order valence-electron chi connectivity index (χ4n) is 3.63. The van der Waals surface area contributed by atoms with Crippen LogP contribution in [0.4, 0.5) is 8.78 Å². The van der Waals surface area contributed by atoms with Gasteiger partial charge < -0.3 is 10.2 Å². The van der Waals surface area contributed by atoms with E-state index in [2.05, 4.69) is 5.32 Å². The second-order valence-corrected chi connectivity index (χ2v) is 8.29. The van der Waals surface area contributed by atoms with Crippen LogP contribution in [-0.4, -0.2) is 28.8 Å². The lowest BCUT2D eigenvalue weighted by Crippen LogP contribution is -2.52. The van der Waals surface area contributed by atoms with Crippen LogP contribution in [0.2, 0.25) is 0 Å². The van der Waals surface area contributed by atoms with E-state index < -0.39 is 11.9 Å². The minimum atomic E-state index is -0.820. The van der Waals surface area contributed by atoms with E-state index in [0.29, 0.717) is 12.0 Å². The molecule has 33 heavy (non-hydrogen) atoms. The van der Waals surface area contributed by atoms with Crippen molar-refractivity contribution in [3.63, 3.8) is 0 Å². The van der Waals surface area contributed by atoms with Gasteiger partial charge in [0.25, 0.3) is 0 Å². The van der Waals surface area contributed by atoms with Gasteiger partial charge in [0.1, 0.15) is 17.7 Å². The number of amides is 2. The predicted octanol–water partition coefficient (Wildman–Crippen LogP) is 4.67. The second kappa shape index (κ2) is 11.4. The number of benzene rings is 3. The molecule has 0 heterocycles. The number of nitrogens with one attached hydrogen (secondary N) is 1. The maximum absolute atomic E-state index is 14.3. The van der Waals surface area contributed by atoms with Crippen molar-refractivity contribution in [1.29, 1.82) is 0 Å². The molecule has 0 fully saturated rings. The van der Waals surface area contributed by atoms with Gasteiger partial charge >= 0.3 is 0 Å². The Balaban J connectivity index is 1.97. The number of carbonyl (C=O) groups is 2. The molecule has 6 heteroatoms. The summed E-state index contributed by atoms with van der Waals surface area (Å²) < 4.78 is 27.7. The molecule has 0 spiro atoms. The third-order valence-electron chi connectivity index (χ3n) is 5.27. The van der Waals surface area contributed by atoms with Gasteiger partial charge in [-0.25, -0.2) is 8.78 Å². The van der Waals surface area contributed by atoms with E-state index in [9.17, 15) is 18.4 Å². The molecule has 0 saturated carbocycles. The number of hydrogen-bond donors (Lipinski definition) is 1. The van der Waals surface area contributed by atoms with Gasteiger partial charge in [-0.15, -0.1) is 0 Å². The van der Waals surface area contributed by atoms with Crippen LogP contribution < -0.4 is 5.32 Å². The molecule has 2 amide bonds. The van der Waals surface area contributed by atoms with E-state index in [1.165, 1.54) is 23.1 Å². The Hall–Kier alpha value is -3.54. The monoisotopic (exact) mass is 450 g/mol. The number of hydrogen-bond acceptors (Lipinski definition) is 2. The topological polar surface area (TPSA) is 49.4 Å². The average molecular weight is 451 g/mol. The summed E-state index contributed by atoms with van der Waals surface area (Å²) in [5, 5.41) is 2.90. The molecule has 0 aromatic heterocycles. The van der Waals surface area contributed by atoms with Crippen LogP contribution in [0.1, 0.15) is 30.5 Å². The van der Waals surface area contributed by atoms with Gasteiger partial charge in [-0.1, -0.05) is 60.7 Å². The summed E-state index contributed by atoms with van der Waals surface area (Å²) in [4.78, 5) is 28.2. The molecule has 3 rings (SSSR count). The Morgan fingerprint density at radius 3 is 2.12 bits per heavy atom. The average Bonchev–Trinajstić information content (AvgIpc) is 2.79. The van der Waals surface area contributed by atoms with Crippen LogP contribution in [0.5, 0.6) is 0 Å². The summed E-state index contributed by atoms with van der Waals surface area (Å²) in [6.45, 7) is 3.79. The van der Waals surface area contributed by atoms with Gasteiger partial charge in [0.05, 0.1) is 6.42 Å². The summed E-state index contributed by atoms with van der Waals surface area (Å²) in [5.74, 6) is -1.54. The van der Waals surface area contributed by atoms with Gasteiger partial charge in [-0.2, -0.15) is 0 Å². The zero-order chi connectivity index (χ0) is 23.8. The molecule has 1 atom stereocenters. The maximum atomic E-state index is 14.3. The molecule has 0 radical (unpaired) electrons. The lowest BCUT2D eigenvalue weighted by molar-refractivity contribution is -0.141. The van der Waals surface area contributed by atoms with Crippen molar-refractivity contribution in [1.82, 2.24) is 10.2 Å². The first-order valence-electron chi connectivity index (χ1n) is 10.9. The van der Waals surface area contributed by atoms with Crippen LogP contribution in [0, 0.1) is 11.6 Å². The van der Waals surface area contributed by atoms with E-state index in [4.69, 9.17) is 0 Å². The molecule has 0 unspecified atom stereocenters. The van der Waals surface area contributed by atoms with Crippen LogP contribution in [-0.2, 0) is 29.0 Å². The first-order chi connectivity index (χ1) is 15.8. The molecule has 0 aliphatic carbocycles. The lowest BCUT2D eigenvalue weighted by atomic mass is 10.0. The van der Waals surface area contributed by atoms with Crippen LogP contribution >= 0.6 is 0 Å². The fourth-order valence-corrected chi connectivity index (χ4v) is 3.63. The van der Waals surface area contributed by atoms with E-state index in [-0.39, 0.29) is 42.2 Å². The van der Waals surface area contributed by atoms with E-state index in [0.717, 1.165) is 5.56 Å². The Labute approximate surface area is 193 Å². The highest BCUT2D eigenvalue weighted by Gasteiger charge is 2.31. The number of halogens is 2. The van der Waals surface area contributed by atoms with Gasteiger partial charge in [-0.3, -0.25) is 9.59 Å². The zero-order valence-electron chi connectivity index (χ0n) is 18.8. The Kier molecular flexibility index (Phi) is 8.30. The second-order valence-electron chi connectivity index (χ2n) is 8.29. The third kappa shape index (κ3) is 6.97. The Bertz CT molecular complexity index is 1070. The minimum absolute atomic E-state index is 0.0938. The van der Waals surface area contributed by atoms with E-state index >= 15 is 0 Å². The minimum Gasteiger partial charge on any atom is -0.352 e. The maximum Gasteiger partial charge on any atom is 0.243 e. The quantitative estimate of drug-likeness (QED) is 0.515. The van der Waals surface area contributed by atoms with Crippen LogP contribution in [0.3, 0.4) is 0 Å². The van der Waals surface area contributed by atoms with Crippen molar-refractivity contribution < 1.29 is 18.4 Å². The van der Waals surface area contributed by atoms with Crippen molar-refractivity contribution >= 4 is 11.8 Å². The van der Waals surface area contributed by atoms with Crippen molar-refractivity contribution in [2.45, 2.75) is 45.3 Å². The van der Waals surface area contributed by atoms with Crippen molar-refractivity contribution in [2.24, 2.45) is 0 Å². The summed E-state index contributed by atoms with van der Waals surface area (Å²) in [5.41, 5.74) is 1.83. The highest BCUT2D eigenvalue weighted by molar-refractivity contribution is 5.89. The summed E-state index contributed by atoms with van der Waals surface area (Å²) >= 11 is 0. The van der Waals surface area contributed by atoms with Crippen molar-refractivity contribution in [3.8, 4) is 0 Å². The highest BCUT2D eigenvalue weighted by atomic mass is 19.1. The zero-order valence-corrected chi connectivity index (χ0v) is 18.8. The molecular formula is C27H28F2N2O2. The lowest BCUT2D eigenvalue weighted by Gasteiger charge is -2.32. The Morgan fingerprint density at radius 1 is 0.848 bits per heavy atom. The molecule has 0 aliphatic rings. The number of carbonyl (C=O) groups excluding carboxylic acids is 2. The number of nitrogens with zero attached hydrogens (tertiary/aromatic N) is 1. The Morgan fingerprint density at radius 2 is 1.48 bits per heavy atom. The van der Waals surface area contributed by atoms with Gasteiger partial charge in [-0.05, 0) is 48.7 Å². The molecule has 1 N–H and O–H groups in total. The first-order valence-corrected chi connectivity index (χ1v) is 10.9. The van der Waals surface area contributed by atoms with Crippen molar-refractivity contribution in [2.75, 3.05) is 0 Å². The molecule has 0 aliphatic heterocycles. The first kappa shape index (κ1) is 24.1. The van der Waals surface area contributed by atoms with Gasteiger partial charge in [0.2, 0.25) is 11.8 Å². The largest absolute Gasteiger partial charge is 0.352 e. The molecule has 0 saturated heterocycles. The molecular weight excluding hydrogens is 422 g/mol. The molecule has 4 nitrogen and oxygen atoms in total. The fraction of sp³-hybridized carbons (Fsp3) is 0.259. The molecule has 172 valence electrons. The van der Waals surface area contributed by atoms with Gasteiger partial charge in [0.15, 0.2) is 0 Å². The number of rotatable bonds is 9. The highest BCUT2D eigenvalue weighted by Crippen LogP contribution is 2.18. The molecule has 0 bridgehead atoms. The summed E-state index contributed by atoms with van der Waals surface area (Å²) in [7, 11) is 0. The molecule has 3 aromatic carbocycles. The predicted molar refractivity (Wildman–Crippen MR) is 124 cm³/mol. The smallest absolute Gasteiger partial charge is 0.243 e.